The lowest BCUT2D eigenvalue weighted by molar-refractivity contribution is -0.147. The largest absolute Gasteiger partial charge is 0.404 e. The topological polar surface area (TPSA) is 87.8 Å². The van der Waals surface area contributed by atoms with Gasteiger partial charge in [-0.3, -0.25) is 4.98 Å². The number of aromatic nitrogens is 2. The van der Waals surface area contributed by atoms with Crippen LogP contribution in [0.3, 0.4) is 0 Å². The molecule has 0 bridgehead atoms. The molecule has 0 fully saturated rings. The molecule has 3 aromatic heterocycles. The molecule has 0 saturated heterocycles. The van der Waals surface area contributed by atoms with Gasteiger partial charge < -0.3 is 4.57 Å². The Kier molecular flexibility index (Phi) is 6.21. The van der Waals surface area contributed by atoms with E-state index in [1.54, 1.807) is 22.3 Å². The maximum Gasteiger partial charge on any atom is 0.404 e. The zero-order valence-electron chi connectivity index (χ0n) is 18.6. The zero-order valence-corrected chi connectivity index (χ0v) is 20.2. The minimum absolute atomic E-state index is 0.136. The number of nitrogens with one attached hydrogen (secondary N) is 1. The monoisotopic (exact) mass is 522 g/mol. The fourth-order valence-corrected chi connectivity index (χ4v) is 5.63. The number of benzene rings is 1. The third-order valence-electron chi connectivity index (χ3n) is 5.54. The lowest BCUT2D eigenvalue weighted by Crippen LogP contribution is -2.42. The van der Waals surface area contributed by atoms with Crippen LogP contribution in [0.25, 0.3) is 28.0 Å². The van der Waals surface area contributed by atoms with E-state index in [-0.39, 0.29) is 11.3 Å². The van der Waals surface area contributed by atoms with E-state index in [1.165, 1.54) is 23.5 Å². The van der Waals surface area contributed by atoms with Gasteiger partial charge in [0.25, 0.3) is 0 Å². The van der Waals surface area contributed by atoms with Crippen molar-refractivity contribution in [3.05, 3.63) is 63.7 Å². The highest BCUT2D eigenvalue weighted by molar-refractivity contribution is 7.89. The third kappa shape index (κ3) is 4.42. The number of pyridine rings is 1. The van der Waals surface area contributed by atoms with Crippen LogP contribution in [0.2, 0.25) is 0 Å². The lowest BCUT2D eigenvalue weighted by Gasteiger charge is -2.17. The van der Waals surface area contributed by atoms with E-state index in [4.69, 9.17) is 0 Å². The molecule has 0 radical (unpaired) electrons. The van der Waals surface area contributed by atoms with Crippen molar-refractivity contribution in [1.29, 1.82) is 5.26 Å². The Balaban J connectivity index is 1.91. The molecule has 4 aromatic rings. The second kappa shape index (κ2) is 8.75. The first-order valence-corrected chi connectivity index (χ1v) is 12.6. The molecule has 0 aliphatic rings. The van der Waals surface area contributed by atoms with Crippen molar-refractivity contribution in [3.8, 4) is 23.1 Å². The number of nitrogens with zero attached hydrogens (tertiary/aromatic N) is 3. The van der Waals surface area contributed by atoms with Crippen LogP contribution in [0.5, 0.6) is 0 Å². The molecule has 0 unspecified atom stereocenters. The van der Waals surface area contributed by atoms with Crippen molar-refractivity contribution in [1.82, 2.24) is 14.3 Å². The predicted octanol–water partition coefficient (Wildman–Crippen LogP) is 5.61. The van der Waals surface area contributed by atoms with Gasteiger partial charge in [0.1, 0.15) is 22.8 Å². The summed E-state index contributed by atoms with van der Waals surface area (Å²) >= 11 is 1.43. The summed E-state index contributed by atoms with van der Waals surface area (Å²) < 4.78 is 81.1. The van der Waals surface area contributed by atoms with E-state index in [1.807, 2.05) is 17.7 Å². The van der Waals surface area contributed by atoms with Crippen LogP contribution in [0.4, 0.5) is 17.6 Å². The molecule has 12 heteroatoms. The Morgan fingerprint density at radius 3 is 2.43 bits per heavy atom. The molecule has 35 heavy (non-hydrogen) atoms. The number of hydrogen-bond acceptors (Lipinski definition) is 5. The predicted molar refractivity (Wildman–Crippen MR) is 124 cm³/mol. The van der Waals surface area contributed by atoms with Crippen molar-refractivity contribution < 1.29 is 26.0 Å². The minimum atomic E-state index is -4.76. The molecular weight excluding hydrogens is 504 g/mol. The Morgan fingerprint density at radius 1 is 1.17 bits per heavy atom. The molecule has 4 rings (SSSR count). The van der Waals surface area contributed by atoms with E-state index in [2.05, 4.69) is 11.1 Å². The SMILES string of the molecule is Cc1cc2c(cc1F)c(C#N)c(-c1ccc(S(=O)(=O)N[C@@H](C)C(F)(F)F)cn1)n2-c1cscc1C. The molecular formula is C23H18F4N4O2S2. The highest BCUT2D eigenvalue weighted by atomic mass is 32.2. The Bertz CT molecular complexity index is 1580. The van der Waals surface area contributed by atoms with Gasteiger partial charge in [-0.1, -0.05) is 0 Å². The summed E-state index contributed by atoms with van der Waals surface area (Å²) in [6, 6.07) is 5.11. The number of halogens is 4. The van der Waals surface area contributed by atoms with Gasteiger partial charge in [0.05, 0.1) is 28.2 Å². The van der Waals surface area contributed by atoms with E-state index in [0.717, 1.165) is 23.5 Å². The standard InChI is InChI=1S/C23H18F4N4O2S2/c1-12-6-20-16(7-18(12)24)17(8-28)22(31(20)21-11-34-10-13(21)2)19-5-4-15(9-29-19)35(32,33)30-14(3)23(25,26)27/h4-7,9-11,14,30H,1-3H3/t14-/m0/s1. The number of hydrogen-bond donors (Lipinski definition) is 1. The van der Waals surface area contributed by atoms with Crippen molar-refractivity contribution in [2.24, 2.45) is 0 Å². The van der Waals surface area contributed by atoms with Crippen LogP contribution >= 0.6 is 11.3 Å². The molecule has 0 aliphatic carbocycles. The molecule has 0 amide bonds. The zero-order chi connectivity index (χ0) is 25.7. The summed E-state index contributed by atoms with van der Waals surface area (Å²) in [5.41, 5.74) is 3.22. The first kappa shape index (κ1) is 24.8. The number of aryl methyl sites for hydroxylation is 2. The number of fused-ring (bicyclic) bond motifs is 1. The van der Waals surface area contributed by atoms with E-state index in [9.17, 15) is 31.2 Å². The summed E-state index contributed by atoms with van der Waals surface area (Å²) in [4.78, 5) is 3.71. The number of sulfonamides is 1. The second-order valence-electron chi connectivity index (χ2n) is 7.99. The summed E-state index contributed by atoms with van der Waals surface area (Å²) in [5, 5.41) is 14.1. The third-order valence-corrected chi connectivity index (χ3v) is 7.92. The maximum atomic E-state index is 14.4. The van der Waals surface area contributed by atoms with Crippen LogP contribution in [-0.2, 0) is 10.0 Å². The number of thiophene rings is 1. The minimum Gasteiger partial charge on any atom is -0.305 e. The van der Waals surface area contributed by atoms with Crippen molar-refractivity contribution in [3.63, 3.8) is 0 Å². The average molecular weight is 523 g/mol. The fraction of sp³-hybridized carbons (Fsp3) is 0.217. The van der Waals surface area contributed by atoms with Crippen LogP contribution in [0.1, 0.15) is 23.6 Å². The quantitative estimate of drug-likeness (QED) is 0.345. The summed E-state index contributed by atoms with van der Waals surface area (Å²) in [5.74, 6) is -0.487. The van der Waals surface area contributed by atoms with Crippen LogP contribution in [-0.4, -0.2) is 30.2 Å². The highest BCUT2D eigenvalue weighted by Crippen LogP contribution is 2.38. The van der Waals surface area contributed by atoms with Gasteiger partial charge in [-0.15, -0.1) is 11.3 Å². The summed E-state index contributed by atoms with van der Waals surface area (Å²) in [6.45, 7) is 4.17. The van der Waals surface area contributed by atoms with E-state index < -0.39 is 33.0 Å². The van der Waals surface area contributed by atoms with Gasteiger partial charge in [-0.2, -0.15) is 23.2 Å². The van der Waals surface area contributed by atoms with E-state index >= 15 is 0 Å². The maximum absolute atomic E-state index is 14.4. The van der Waals surface area contributed by atoms with Gasteiger partial charge in [0, 0.05) is 17.0 Å². The average Bonchev–Trinajstić information content (AvgIpc) is 3.33. The molecule has 1 N–H and O–H groups in total. The Hall–Kier alpha value is -3.27. The molecule has 6 nitrogen and oxygen atoms in total. The number of nitriles is 1. The fourth-order valence-electron chi connectivity index (χ4n) is 3.65. The molecule has 182 valence electrons. The summed E-state index contributed by atoms with van der Waals surface area (Å²) in [6.07, 6.45) is -3.83. The van der Waals surface area contributed by atoms with Crippen molar-refractivity contribution in [2.75, 3.05) is 0 Å². The van der Waals surface area contributed by atoms with Crippen molar-refractivity contribution in [2.45, 2.75) is 37.9 Å². The Labute approximate surface area is 202 Å². The van der Waals surface area contributed by atoms with Gasteiger partial charge in [0.15, 0.2) is 0 Å². The molecule has 3 heterocycles. The highest BCUT2D eigenvalue weighted by Gasteiger charge is 2.39. The molecule has 0 saturated carbocycles. The van der Waals surface area contributed by atoms with Gasteiger partial charge in [0.2, 0.25) is 10.0 Å². The van der Waals surface area contributed by atoms with Crippen LogP contribution in [0, 0.1) is 31.0 Å². The van der Waals surface area contributed by atoms with Crippen LogP contribution in [0.15, 0.2) is 46.1 Å². The second-order valence-corrected chi connectivity index (χ2v) is 10.5. The molecule has 0 spiro atoms. The first-order valence-electron chi connectivity index (χ1n) is 10.2. The Morgan fingerprint density at radius 2 is 1.89 bits per heavy atom. The molecule has 1 aromatic carbocycles. The summed E-state index contributed by atoms with van der Waals surface area (Å²) in [7, 11) is -4.51. The van der Waals surface area contributed by atoms with Crippen LogP contribution < -0.4 is 4.72 Å². The first-order chi connectivity index (χ1) is 16.3. The van der Waals surface area contributed by atoms with Gasteiger partial charge in [-0.25, -0.2) is 12.8 Å². The van der Waals surface area contributed by atoms with Gasteiger partial charge >= 0.3 is 6.18 Å². The number of rotatable bonds is 5. The number of alkyl halides is 3. The van der Waals surface area contributed by atoms with Crippen molar-refractivity contribution >= 4 is 32.3 Å². The van der Waals surface area contributed by atoms with E-state index in [0.29, 0.717) is 29.1 Å². The normalized spacial score (nSPS) is 13.2. The lowest BCUT2D eigenvalue weighted by atomic mass is 10.1. The smallest absolute Gasteiger partial charge is 0.305 e. The van der Waals surface area contributed by atoms with Gasteiger partial charge in [-0.05, 0) is 61.5 Å². The molecule has 1 atom stereocenters. The molecule has 0 aliphatic heterocycles.